The van der Waals surface area contributed by atoms with Crippen LogP contribution in [0, 0.1) is 0 Å². The molecule has 3 aromatic rings. The van der Waals surface area contributed by atoms with Gasteiger partial charge < -0.3 is 11.1 Å². The first-order valence-electron chi connectivity index (χ1n) is 9.20. The molecule has 1 aromatic carbocycles. The summed E-state index contributed by atoms with van der Waals surface area (Å²) >= 11 is 0. The minimum absolute atomic E-state index is 0.253. The van der Waals surface area contributed by atoms with Gasteiger partial charge in [0.05, 0.1) is 11.4 Å². The fraction of sp³-hybridized carbons (Fsp3) is 0.300. The molecule has 0 saturated heterocycles. The second-order valence-corrected chi connectivity index (χ2v) is 6.77. The Hall–Kier alpha value is -3.22. The molecule has 2 aromatic heterocycles. The van der Waals surface area contributed by atoms with E-state index in [4.69, 9.17) is 5.73 Å². The molecule has 0 bridgehead atoms. The summed E-state index contributed by atoms with van der Waals surface area (Å²) in [5.41, 5.74) is 8.73. The van der Waals surface area contributed by atoms with E-state index in [0.717, 1.165) is 31.2 Å². The lowest BCUT2D eigenvalue weighted by atomic mass is 10.2. The summed E-state index contributed by atoms with van der Waals surface area (Å²) < 4.78 is 1.85. The van der Waals surface area contributed by atoms with E-state index >= 15 is 0 Å². The summed E-state index contributed by atoms with van der Waals surface area (Å²) in [4.78, 5) is 21.3. The van der Waals surface area contributed by atoms with Crippen molar-refractivity contribution in [2.75, 3.05) is 11.1 Å². The highest BCUT2D eigenvalue weighted by molar-refractivity contribution is 6.13. The van der Waals surface area contributed by atoms with Gasteiger partial charge in [0, 0.05) is 5.69 Å². The first kappa shape index (κ1) is 17.2. The topological polar surface area (TPSA) is 98.7 Å². The first-order chi connectivity index (χ1) is 13.2. The zero-order valence-electron chi connectivity index (χ0n) is 15.2. The molecule has 0 aliphatic heterocycles. The average molecular weight is 362 g/mol. The number of fused-ring (bicyclic) bond motifs is 1. The highest BCUT2D eigenvalue weighted by Gasteiger charge is 2.26. The molecular weight excluding hydrogens is 340 g/mol. The predicted molar refractivity (Wildman–Crippen MR) is 106 cm³/mol. The lowest BCUT2D eigenvalue weighted by Crippen LogP contribution is -2.15. The number of nitrogen functional groups attached to an aromatic ring is 1. The van der Waals surface area contributed by atoms with Crippen molar-refractivity contribution in [2.24, 2.45) is 0 Å². The molecule has 0 atom stereocenters. The highest BCUT2D eigenvalue weighted by Crippen LogP contribution is 2.33. The molecule has 1 saturated carbocycles. The summed E-state index contributed by atoms with van der Waals surface area (Å²) in [6.45, 7) is 1.97. The first-order valence-corrected chi connectivity index (χ1v) is 9.20. The van der Waals surface area contributed by atoms with Crippen LogP contribution in [0.25, 0.3) is 17.1 Å². The minimum Gasteiger partial charge on any atom is -0.383 e. The predicted octanol–water partition coefficient (Wildman–Crippen LogP) is 3.81. The van der Waals surface area contributed by atoms with Crippen LogP contribution in [0.15, 0.2) is 36.7 Å². The third-order valence-corrected chi connectivity index (χ3v) is 4.93. The standard InChI is InChI=1S/C20H22N6O/c1-2-5-13-8-10-14(11-9-13)24-20(27)17-16-18(21)22-12-23-19(16)26(25-17)15-6-3-4-7-15/h2,5,8-12,15H,3-4,6-7H2,1H3,(H,24,27)(H2,21,22,23)/b5-2+. The van der Waals surface area contributed by atoms with Crippen molar-refractivity contribution in [3.63, 3.8) is 0 Å². The number of aromatic nitrogens is 4. The monoisotopic (exact) mass is 362 g/mol. The Bertz CT molecular complexity index is 999. The van der Waals surface area contributed by atoms with E-state index in [2.05, 4.69) is 20.4 Å². The highest BCUT2D eigenvalue weighted by atomic mass is 16.2. The van der Waals surface area contributed by atoms with E-state index in [9.17, 15) is 4.79 Å². The molecule has 3 N–H and O–H groups in total. The van der Waals surface area contributed by atoms with Crippen LogP contribution in [0.2, 0.25) is 0 Å². The van der Waals surface area contributed by atoms with E-state index in [0.29, 0.717) is 16.7 Å². The van der Waals surface area contributed by atoms with Crippen LogP contribution in [0.4, 0.5) is 11.5 Å². The lowest BCUT2D eigenvalue weighted by Gasteiger charge is -2.10. The van der Waals surface area contributed by atoms with Gasteiger partial charge in [-0.25, -0.2) is 14.6 Å². The largest absolute Gasteiger partial charge is 0.383 e. The second kappa shape index (κ2) is 7.19. The SMILES string of the molecule is C/C=C/c1ccc(NC(=O)c2nn(C3CCCC3)c3ncnc(N)c23)cc1. The summed E-state index contributed by atoms with van der Waals surface area (Å²) in [6.07, 6.45) is 9.78. The summed E-state index contributed by atoms with van der Waals surface area (Å²) in [5, 5.41) is 8.01. The number of rotatable bonds is 4. The van der Waals surface area contributed by atoms with Crippen molar-refractivity contribution < 1.29 is 4.79 Å². The Morgan fingerprint density at radius 1 is 1.22 bits per heavy atom. The number of benzene rings is 1. The van der Waals surface area contributed by atoms with Gasteiger partial charge >= 0.3 is 0 Å². The van der Waals surface area contributed by atoms with E-state index in [1.165, 1.54) is 6.33 Å². The molecule has 0 radical (unpaired) electrons. The number of amides is 1. The number of nitrogens with zero attached hydrogens (tertiary/aromatic N) is 4. The normalized spacial score (nSPS) is 15.0. The molecule has 0 unspecified atom stereocenters. The number of hydrogen-bond acceptors (Lipinski definition) is 5. The van der Waals surface area contributed by atoms with Gasteiger partial charge in [-0.3, -0.25) is 4.79 Å². The van der Waals surface area contributed by atoms with Crippen LogP contribution in [0.5, 0.6) is 0 Å². The second-order valence-electron chi connectivity index (χ2n) is 6.77. The van der Waals surface area contributed by atoms with E-state index in [1.807, 2.05) is 48.0 Å². The molecule has 7 heteroatoms. The maximum Gasteiger partial charge on any atom is 0.277 e. The van der Waals surface area contributed by atoms with E-state index in [1.54, 1.807) is 0 Å². The van der Waals surface area contributed by atoms with Gasteiger partial charge in [-0.15, -0.1) is 0 Å². The van der Waals surface area contributed by atoms with Crippen LogP contribution in [-0.2, 0) is 0 Å². The van der Waals surface area contributed by atoms with Gasteiger partial charge in [-0.2, -0.15) is 5.10 Å². The Labute approximate surface area is 157 Å². The Balaban J connectivity index is 1.68. The Kier molecular flexibility index (Phi) is 4.58. The molecule has 138 valence electrons. The third kappa shape index (κ3) is 3.28. The molecule has 1 aliphatic rings. The van der Waals surface area contributed by atoms with Gasteiger partial charge in [0.1, 0.15) is 12.1 Å². The van der Waals surface area contributed by atoms with Crippen LogP contribution in [0.1, 0.15) is 54.7 Å². The molecule has 0 spiro atoms. The van der Waals surface area contributed by atoms with Crippen LogP contribution >= 0.6 is 0 Å². The number of carbonyl (C=O) groups is 1. The molecule has 2 heterocycles. The number of anilines is 2. The van der Waals surface area contributed by atoms with Gasteiger partial charge in [0.2, 0.25) is 0 Å². The summed E-state index contributed by atoms with van der Waals surface area (Å²) in [5.74, 6) is -0.0325. The fourth-order valence-electron chi connectivity index (χ4n) is 3.62. The van der Waals surface area contributed by atoms with Gasteiger partial charge in [0.15, 0.2) is 11.3 Å². The Morgan fingerprint density at radius 3 is 2.67 bits per heavy atom. The number of allylic oxidation sites excluding steroid dienone is 1. The van der Waals surface area contributed by atoms with Crippen LogP contribution in [-0.4, -0.2) is 25.7 Å². The van der Waals surface area contributed by atoms with Crippen molar-refractivity contribution >= 4 is 34.5 Å². The van der Waals surface area contributed by atoms with Crippen molar-refractivity contribution in [1.82, 2.24) is 19.7 Å². The zero-order chi connectivity index (χ0) is 18.8. The maximum atomic E-state index is 12.9. The summed E-state index contributed by atoms with van der Waals surface area (Å²) in [6, 6.07) is 7.88. The number of carbonyl (C=O) groups excluding carboxylic acids is 1. The fourth-order valence-corrected chi connectivity index (χ4v) is 3.62. The van der Waals surface area contributed by atoms with Crippen molar-refractivity contribution in [1.29, 1.82) is 0 Å². The maximum absolute atomic E-state index is 12.9. The van der Waals surface area contributed by atoms with Crippen molar-refractivity contribution in [3.05, 3.63) is 47.9 Å². The smallest absolute Gasteiger partial charge is 0.277 e. The Morgan fingerprint density at radius 2 is 1.96 bits per heavy atom. The summed E-state index contributed by atoms with van der Waals surface area (Å²) in [7, 11) is 0. The van der Waals surface area contributed by atoms with E-state index < -0.39 is 0 Å². The molecule has 27 heavy (non-hydrogen) atoms. The quantitative estimate of drug-likeness (QED) is 0.735. The molecule has 1 fully saturated rings. The lowest BCUT2D eigenvalue weighted by molar-refractivity contribution is 0.102. The molecular formula is C20H22N6O. The molecule has 4 rings (SSSR count). The minimum atomic E-state index is -0.308. The number of nitrogens with two attached hydrogens (primary N) is 1. The third-order valence-electron chi connectivity index (χ3n) is 4.93. The zero-order valence-corrected chi connectivity index (χ0v) is 15.2. The van der Waals surface area contributed by atoms with Crippen molar-refractivity contribution in [3.8, 4) is 0 Å². The molecule has 1 amide bonds. The molecule has 7 nitrogen and oxygen atoms in total. The van der Waals surface area contributed by atoms with Crippen LogP contribution in [0.3, 0.4) is 0 Å². The van der Waals surface area contributed by atoms with Crippen molar-refractivity contribution in [2.45, 2.75) is 38.6 Å². The van der Waals surface area contributed by atoms with Gasteiger partial charge in [0.25, 0.3) is 5.91 Å². The molecule has 1 aliphatic carbocycles. The van der Waals surface area contributed by atoms with Gasteiger partial charge in [-0.05, 0) is 37.5 Å². The van der Waals surface area contributed by atoms with Crippen LogP contribution < -0.4 is 11.1 Å². The van der Waals surface area contributed by atoms with E-state index in [-0.39, 0.29) is 23.5 Å². The average Bonchev–Trinajstić information content (AvgIpc) is 3.31. The number of hydrogen-bond donors (Lipinski definition) is 2. The number of nitrogens with one attached hydrogen (secondary N) is 1. The van der Waals surface area contributed by atoms with Gasteiger partial charge in [-0.1, -0.05) is 37.1 Å².